The second-order valence-electron chi connectivity index (χ2n) is 7.63. The summed E-state index contributed by atoms with van der Waals surface area (Å²) < 4.78 is 10.6. The minimum absolute atomic E-state index is 0.0330. The van der Waals surface area contributed by atoms with Crippen LogP contribution >= 0.6 is 0 Å². The van der Waals surface area contributed by atoms with Gasteiger partial charge < -0.3 is 19.3 Å². The first-order valence-corrected chi connectivity index (χ1v) is 9.97. The van der Waals surface area contributed by atoms with Gasteiger partial charge in [-0.2, -0.15) is 0 Å². The van der Waals surface area contributed by atoms with Crippen LogP contribution in [0, 0.1) is 5.92 Å². The van der Waals surface area contributed by atoms with Gasteiger partial charge in [0.05, 0.1) is 20.1 Å². The second-order valence-corrected chi connectivity index (χ2v) is 7.63. The number of amides is 2. The topological polar surface area (TPSA) is 59.1 Å². The molecule has 2 atom stereocenters. The third-order valence-corrected chi connectivity index (χ3v) is 5.92. The molecule has 0 radical (unpaired) electrons. The molecule has 29 heavy (non-hydrogen) atoms. The van der Waals surface area contributed by atoms with E-state index in [2.05, 4.69) is 12.1 Å². The quantitative estimate of drug-likeness (QED) is 0.782. The summed E-state index contributed by atoms with van der Waals surface area (Å²) in [5, 5.41) is 0. The van der Waals surface area contributed by atoms with Crippen molar-refractivity contribution in [1.82, 2.24) is 4.90 Å². The number of rotatable bonds is 5. The van der Waals surface area contributed by atoms with Crippen LogP contribution in [-0.2, 0) is 9.59 Å². The summed E-state index contributed by atoms with van der Waals surface area (Å²) in [5.74, 6) is 1.30. The van der Waals surface area contributed by atoms with Crippen molar-refractivity contribution in [3.05, 3.63) is 54.1 Å². The molecule has 0 saturated carbocycles. The maximum Gasteiger partial charge on any atom is 0.228 e. The SMILES string of the molecule is COc1ccc(N2CC(C(=O)N3CCC(c4ccccc4)C3)CC2=O)cc1OC. The lowest BCUT2D eigenvalue weighted by atomic mass is 9.99. The zero-order valence-electron chi connectivity index (χ0n) is 16.8. The Kier molecular flexibility index (Phi) is 5.43. The van der Waals surface area contributed by atoms with Gasteiger partial charge in [0.2, 0.25) is 11.8 Å². The van der Waals surface area contributed by atoms with E-state index in [1.165, 1.54) is 5.56 Å². The third-order valence-electron chi connectivity index (χ3n) is 5.92. The molecule has 0 spiro atoms. The molecule has 2 aliphatic heterocycles. The fourth-order valence-corrected chi connectivity index (χ4v) is 4.33. The van der Waals surface area contributed by atoms with Gasteiger partial charge in [0, 0.05) is 43.7 Å². The highest BCUT2D eigenvalue weighted by atomic mass is 16.5. The van der Waals surface area contributed by atoms with Crippen molar-refractivity contribution < 1.29 is 19.1 Å². The summed E-state index contributed by atoms with van der Waals surface area (Å²) in [6.07, 6.45) is 1.22. The van der Waals surface area contributed by atoms with E-state index in [-0.39, 0.29) is 24.2 Å². The lowest BCUT2D eigenvalue weighted by Gasteiger charge is -2.22. The van der Waals surface area contributed by atoms with E-state index in [1.54, 1.807) is 31.3 Å². The summed E-state index contributed by atoms with van der Waals surface area (Å²) in [7, 11) is 3.14. The number of ether oxygens (including phenoxy) is 2. The Bertz CT molecular complexity index is 899. The molecular formula is C23H26N2O4. The smallest absolute Gasteiger partial charge is 0.228 e. The van der Waals surface area contributed by atoms with Crippen LogP contribution in [0.4, 0.5) is 5.69 Å². The number of likely N-dealkylation sites (tertiary alicyclic amines) is 1. The number of carbonyl (C=O) groups excluding carboxylic acids is 2. The molecule has 0 aromatic heterocycles. The number of hydrogen-bond acceptors (Lipinski definition) is 4. The first-order chi connectivity index (χ1) is 14.1. The molecule has 2 unspecified atom stereocenters. The molecular weight excluding hydrogens is 368 g/mol. The van der Waals surface area contributed by atoms with Crippen molar-refractivity contribution in [2.45, 2.75) is 18.8 Å². The molecule has 2 aliphatic rings. The first-order valence-electron chi connectivity index (χ1n) is 9.97. The lowest BCUT2D eigenvalue weighted by Crippen LogP contribution is -2.35. The normalized spacial score (nSPS) is 21.5. The fraction of sp³-hybridized carbons (Fsp3) is 0.391. The molecule has 2 aromatic rings. The number of anilines is 1. The standard InChI is InChI=1S/C23H26N2O4/c1-28-20-9-8-19(13-21(20)29-2)25-15-18(12-22(25)26)23(27)24-11-10-17(14-24)16-6-4-3-5-7-16/h3-9,13,17-18H,10-12,14-15H2,1-2H3. The van der Waals surface area contributed by atoms with E-state index in [1.807, 2.05) is 29.2 Å². The maximum absolute atomic E-state index is 13.1. The summed E-state index contributed by atoms with van der Waals surface area (Å²) in [6, 6.07) is 15.7. The van der Waals surface area contributed by atoms with Crippen molar-refractivity contribution in [1.29, 1.82) is 0 Å². The highest BCUT2D eigenvalue weighted by Gasteiger charge is 2.39. The molecule has 0 N–H and O–H groups in total. The second kappa shape index (κ2) is 8.15. The van der Waals surface area contributed by atoms with Gasteiger partial charge in [0.1, 0.15) is 0 Å². The summed E-state index contributed by atoms with van der Waals surface area (Å²) in [4.78, 5) is 29.3. The molecule has 6 nitrogen and oxygen atoms in total. The highest BCUT2D eigenvalue weighted by molar-refractivity contribution is 6.00. The predicted octanol–water partition coefficient (Wildman–Crippen LogP) is 3.07. The first kappa shape index (κ1) is 19.3. The number of hydrogen-bond donors (Lipinski definition) is 0. The zero-order valence-corrected chi connectivity index (χ0v) is 16.8. The van der Waals surface area contributed by atoms with Crippen molar-refractivity contribution in [3.63, 3.8) is 0 Å². The van der Waals surface area contributed by atoms with Gasteiger partial charge in [-0.25, -0.2) is 0 Å². The molecule has 4 rings (SSSR count). The predicted molar refractivity (Wildman–Crippen MR) is 110 cm³/mol. The van der Waals surface area contributed by atoms with Crippen LogP contribution in [0.5, 0.6) is 11.5 Å². The van der Waals surface area contributed by atoms with Gasteiger partial charge in [-0.05, 0) is 24.1 Å². The van der Waals surface area contributed by atoms with E-state index in [9.17, 15) is 9.59 Å². The summed E-state index contributed by atoms with van der Waals surface area (Å²) in [6.45, 7) is 1.88. The van der Waals surface area contributed by atoms with Crippen LogP contribution in [-0.4, -0.2) is 50.6 Å². The highest BCUT2D eigenvalue weighted by Crippen LogP contribution is 2.35. The zero-order chi connectivity index (χ0) is 20.4. The van der Waals surface area contributed by atoms with Crippen molar-refractivity contribution in [2.24, 2.45) is 5.92 Å². The van der Waals surface area contributed by atoms with Gasteiger partial charge in [-0.1, -0.05) is 30.3 Å². The molecule has 2 saturated heterocycles. The average Bonchev–Trinajstić information content (AvgIpc) is 3.40. The summed E-state index contributed by atoms with van der Waals surface area (Å²) in [5.41, 5.74) is 2.00. The molecule has 0 aliphatic carbocycles. The number of methoxy groups -OCH3 is 2. The third kappa shape index (κ3) is 3.79. The Balaban J connectivity index is 1.43. The van der Waals surface area contributed by atoms with E-state index in [0.717, 1.165) is 25.2 Å². The monoisotopic (exact) mass is 394 g/mol. The van der Waals surface area contributed by atoms with Crippen LogP contribution in [0.25, 0.3) is 0 Å². The van der Waals surface area contributed by atoms with Gasteiger partial charge >= 0.3 is 0 Å². The largest absolute Gasteiger partial charge is 0.493 e. The van der Waals surface area contributed by atoms with Crippen molar-refractivity contribution >= 4 is 17.5 Å². The molecule has 2 fully saturated rings. The molecule has 2 amide bonds. The Morgan fingerprint density at radius 3 is 2.48 bits per heavy atom. The molecule has 2 aromatic carbocycles. The number of carbonyl (C=O) groups is 2. The summed E-state index contributed by atoms with van der Waals surface area (Å²) >= 11 is 0. The van der Waals surface area contributed by atoms with Crippen LogP contribution in [0.15, 0.2) is 48.5 Å². The average molecular weight is 394 g/mol. The Morgan fingerprint density at radius 2 is 1.76 bits per heavy atom. The van der Waals surface area contributed by atoms with Crippen LogP contribution < -0.4 is 14.4 Å². The van der Waals surface area contributed by atoms with Gasteiger partial charge in [-0.15, -0.1) is 0 Å². The maximum atomic E-state index is 13.1. The van der Waals surface area contributed by atoms with E-state index >= 15 is 0 Å². The van der Waals surface area contributed by atoms with Gasteiger partial charge in [0.15, 0.2) is 11.5 Å². The van der Waals surface area contributed by atoms with Crippen LogP contribution in [0.3, 0.4) is 0 Å². The van der Waals surface area contributed by atoms with E-state index < -0.39 is 0 Å². The molecule has 152 valence electrons. The number of benzene rings is 2. The fourth-order valence-electron chi connectivity index (χ4n) is 4.33. The van der Waals surface area contributed by atoms with E-state index in [0.29, 0.717) is 24.0 Å². The molecule has 6 heteroatoms. The van der Waals surface area contributed by atoms with Crippen LogP contribution in [0.2, 0.25) is 0 Å². The number of nitrogens with zero attached hydrogens (tertiary/aromatic N) is 2. The van der Waals surface area contributed by atoms with E-state index in [4.69, 9.17) is 9.47 Å². The van der Waals surface area contributed by atoms with Gasteiger partial charge in [-0.3, -0.25) is 9.59 Å². The Morgan fingerprint density at radius 1 is 1.00 bits per heavy atom. The lowest BCUT2D eigenvalue weighted by molar-refractivity contribution is -0.134. The van der Waals surface area contributed by atoms with Crippen molar-refractivity contribution in [3.8, 4) is 11.5 Å². The molecule has 0 bridgehead atoms. The van der Waals surface area contributed by atoms with Gasteiger partial charge in [0.25, 0.3) is 0 Å². The molecule has 2 heterocycles. The Hall–Kier alpha value is -3.02. The minimum atomic E-state index is -0.301. The van der Waals surface area contributed by atoms with Crippen molar-refractivity contribution in [2.75, 3.05) is 38.8 Å². The van der Waals surface area contributed by atoms with Crippen LogP contribution in [0.1, 0.15) is 24.3 Å². The minimum Gasteiger partial charge on any atom is -0.493 e. The Labute approximate surface area is 171 Å².